The van der Waals surface area contributed by atoms with Gasteiger partial charge in [-0.2, -0.15) is 4.98 Å². The third-order valence-corrected chi connectivity index (χ3v) is 4.31. The Labute approximate surface area is 132 Å². The van der Waals surface area contributed by atoms with Crippen LogP contribution in [-0.2, 0) is 19.4 Å². The smallest absolute Gasteiger partial charge is 0.230 e. The molecule has 3 heterocycles. The van der Waals surface area contributed by atoms with Crippen LogP contribution in [0.3, 0.4) is 0 Å². The van der Waals surface area contributed by atoms with E-state index in [2.05, 4.69) is 19.7 Å². The van der Waals surface area contributed by atoms with Crippen LogP contribution < -0.4 is 0 Å². The molecule has 0 fully saturated rings. The Kier molecular flexibility index (Phi) is 3.42. The Morgan fingerprint density at radius 1 is 1.27 bits per heavy atom. The minimum absolute atomic E-state index is 0.265. The van der Waals surface area contributed by atoms with E-state index in [0.29, 0.717) is 12.2 Å². The van der Waals surface area contributed by atoms with Gasteiger partial charge in [-0.3, -0.25) is 0 Å². The molecule has 0 saturated carbocycles. The Bertz CT molecular complexity index is 778. The van der Waals surface area contributed by atoms with Gasteiger partial charge in [0.1, 0.15) is 5.82 Å². The number of fused-ring (bicyclic) bond motifs is 1. The molecule has 0 bridgehead atoms. The fourth-order valence-corrected chi connectivity index (χ4v) is 2.98. The van der Waals surface area contributed by atoms with Crippen LogP contribution in [0, 0.1) is 0 Å². The van der Waals surface area contributed by atoms with Crippen molar-refractivity contribution in [1.82, 2.24) is 19.7 Å². The van der Waals surface area contributed by atoms with Crippen LogP contribution >= 0.6 is 11.6 Å². The molecule has 1 aromatic carbocycles. The van der Waals surface area contributed by atoms with Gasteiger partial charge >= 0.3 is 0 Å². The van der Waals surface area contributed by atoms with E-state index in [1.54, 1.807) is 0 Å². The summed E-state index contributed by atoms with van der Waals surface area (Å²) in [5.74, 6) is 2.79. The largest absolute Gasteiger partial charge is 0.339 e. The molecule has 0 aliphatic carbocycles. The van der Waals surface area contributed by atoms with E-state index in [4.69, 9.17) is 16.1 Å². The maximum atomic E-state index is 5.89. The highest BCUT2D eigenvalue weighted by Crippen LogP contribution is 2.27. The Morgan fingerprint density at radius 2 is 2.14 bits per heavy atom. The zero-order valence-electron chi connectivity index (χ0n) is 11.9. The second kappa shape index (κ2) is 5.57. The molecule has 112 valence electrons. The van der Waals surface area contributed by atoms with Crippen molar-refractivity contribution in [2.24, 2.45) is 0 Å². The van der Waals surface area contributed by atoms with Crippen molar-refractivity contribution in [3.05, 3.63) is 64.8 Å². The van der Waals surface area contributed by atoms with Crippen LogP contribution in [0.25, 0.3) is 0 Å². The van der Waals surface area contributed by atoms with E-state index in [-0.39, 0.29) is 5.92 Å². The fourth-order valence-electron chi connectivity index (χ4n) is 2.85. The number of nitrogens with zero attached hydrogens (tertiary/aromatic N) is 4. The summed E-state index contributed by atoms with van der Waals surface area (Å²) >= 11 is 5.89. The Balaban J connectivity index is 1.49. The quantitative estimate of drug-likeness (QED) is 0.744. The normalized spacial score (nSPS) is 17.4. The zero-order chi connectivity index (χ0) is 14.9. The van der Waals surface area contributed by atoms with Crippen molar-refractivity contribution in [1.29, 1.82) is 0 Å². The molecule has 1 atom stereocenters. The molecule has 0 N–H and O–H groups in total. The summed E-state index contributed by atoms with van der Waals surface area (Å²) in [6.45, 7) is 0.953. The molecule has 1 unspecified atom stereocenters. The minimum atomic E-state index is 0.265. The van der Waals surface area contributed by atoms with E-state index in [9.17, 15) is 0 Å². The third-order valence-electron chi connectivity index (χ3n) is 4.06. The highest BCUT2D eigenvalue weighted by atomic mass is 35.5. The van der Waals surface area contributed by atoms with Gasteiger partial charge in [-0.25, -0.2) is 4.98 Å². The first-order valence-corrected chi connectivity index (χ1v) is 7.72. The average molecular weight is 315 g/mol. The molecule has 0 spiro atoms. The van der Waals surface area contributed by atoms with Crippen LogP contribution in [0.1, 0.15) is 35.4 Å². The average Bonchev–Trinajstić information content (AvgIpc) is 3.17. The van der Waals surface area contributed by atoms with Crippen LogP contribution in [0.2, 0.25) is 5.02 Å². The third kappa shape index (κ3) is 2.64. The molecule has 6 heteroatoms. The van der Waals surface area contributed by atoms with Gasteiger partial charge in [0, 0.05) is 42.7 Å². The first-order chi connectivity index (χ1) is 10.8. The maximum Gasteiger partial charge on any atom is 0.230 e. The molecule has 4 rings (SSSR count). The predicted molar refractivity (Wildman–Crippen MR) is 81.8 cm³/mol. The lowest BCUT2D eigenvalue weighted by atomic mass is 9.98. The summed E-state index contributed by atoms with van der Waals surface area (Å²) in [7, 11) is 0. The molecular formula is C16H15ClN4O. The lowest BCUT2D eigenvalue weighted by Crippen LogP contribution is -2.18. The SMILES string of the molecule is Clc1ccc(Cc2noc(C3CCn4ccnc4C3)n2)cc1. The first-order valence-electron chi connectivity index (χ1n) is 7.35. The molecule has 1 aliphatic heterocycles. The van der Waals surface area contributed by atoms with E-state index < -0.39 is 0 Å². The topological polar surface area (TPSA) is 56.7 Å². The molecule has 5 nitrogen and oxygen atoms in total. The van der Waals surface area contributed by atoms with Crippen molar-refractivity contribution >= 4 is 11.6 Å². The van der Waals surface area contributed by atoms with Crippen LogP contribution in [0.15, 0.2) is 41.2 Å². The maximum absolute atomic E-state index is 5.89. The van der Waals surface area contributed by atoms with Gasteiger partial charge in [-0.05, 0) is 24.1 Å². The number of hydrogen-bond donors (Lipinski definition) is 0. The van der Waals surface area contributed by atoms with Gasteiger partial charge in [-0.1, -0.05) is 28.9 Å². The van der Waals surface area contributed by atoms with E-state index in [1.807, 2.05) is 36.7 Å². The van der Waals surface area contributed by atoms with E-state index in [1.165, 1.54) is 0 Å². The molecule has 0 amide bonds. The predicted octanol–water partition coefficient (Wildman–Crippen LogP) is 3.24. The number of halogens is 1. The number of aryl methyl sites for hydroxylation is 1. The van der Waals surface area contributed by atoms with Gasteiger partial charge in [0.2, 0.25) is 5.89 Å². The first kappa shape index (κ1) is 13.5. The van der Waals surface area contributed by atoms with Crippen molar-refractivity contribution in [2.75, 3.05) is 0 Å². The Morgan fingerprint density at radius 3 is 3.00 bits per heavy atom. The Hall–Kier alpha value is -2.14. The summed E-state index contributed by atoms with van der Waals surface area (Å²) in [5.41, 5.74) is 1.12. The highest BCUT2D eigenvalue weighted by Gasteiger charge is 2.25. The number of hydrogen-bond acceptors (Lipinski definition) is 4. The number of rotatable bonds is 3. The summed E-state index contributed by atoms with van der Waals surface area (Å²) in [5, 5.41) is 4.84. The minimum Gasteiger partial charge on any atom is -0.339 e. The van der Waals surface area contributed by atoms with Crippen LogP contribution in [0.4, 0.5) is 0 Å². The van der Waals surface area contributed by atoms with Gasteiger partial charge in [-0.15, -0.1) is 0 Å². The van der Waals surface area contributed by atoms with Gasteiger partial charge in [0.25, 0.3) is 0 Å². The summed E-state index contributed by atoms with van der Waals surface area (Å²) < 4.78 is 7.65. The molecule has 0 radical (unpaired) electrons. The number of benzene rings is 1. The van der Waals surface area contributed by atoms with Gasteiger partial charge in [0.15, 0.2) is 5.82 Å². The molecule has 2 aromatic heterocycles. The van der Waals surface area contributed by atoms with Crippen molar-refractivity contribution in [3.8, 4) is 0 Å². The monoisotopic (exact) mass is 314 g/mol. The molecule has 22 heavy (non-hydrogen) atoms. The number of aromatic nitrogens is 4. The highest BCUT2D eigenvalue weighted by molar-refractivity contribution is 6.30. The van der Waals surface area contributed by atoms with Crippen molar-refractivity contribution in [2.45, 2.75) is 31.7 Å². The lowest BCUT2D eigenvalue weighted by molar-refractivity contribution is 0.321. The second-order valence-corrected chi connectivity index (χ2v) is 6.02. The fraction of sp³-hybridized carbons (Fsp3) is 0.312. The van der Waals surface area contributed by atoms with Gasteiger partial charge < -0.3 is 9.09 Å². The molecule has 0 saturated heterocycles. The lowest BCUT2D eigenvalue weighted by Gasteiger charge is -2.19. The van der Waals surface area contributed by atoms with Crippen molar-refractivity contribution in [3.63, 3.8) is 0 Å². The molecule has 1 aliphatic rings. The second-order valence-electron chi connectivity index (χ2n) is 5.58. The van der Waals surface area contributed by atoms with Crippen LogP contribution in [-0.4, -0.2) is 19.7 Å². The zero-order valence-corrected chi connectivity index (χ0v) is 12.7. The summed E-state index contributed by atoms with van der Waals surface area (Å²) in [6.07, 6.45) is 6.38. The van der Waals surface area contributed by atoms with E-state index >= 15 is 0 Å². The standard InChI is InChI=1S/C16H15ClN4O/c17-13-3-1-11(2-4-13)9-14-19-16(22-20-14)12-5-7-21-8-6-18-15(21)10-12/h1-4,6,8,12H,5,7,9-10H2. The summed E-state index contributed by atoms with van der Waals surface area (Å²) in [6, 6.07) is 7.71. The number of imidazole rings is 1. The van der Waals surface area contributed by atoms with Gasteiger partial charge in [0.05, 0.1) is 0 Å². The summed E-state index contributed by atoms with van der Waals surface area (Å²) in [4.78, 5) is 8.94. The molecule has 3 aromatic rings. The molecular weight excluding hydrogens is 300 g/mol. The van der Waals surface area contributed by atoms with E-state index in [0.717, 1.165) is 41.7 Å². The van der Waals surface area contributed by atoms with Crippen LogP contribution in [0.5, 0.6) is 0 Å². The van der Waals surface area contributed by atoms with Crippen molar-refractivity contribution < 1.29 is 4.52 Å².